The van der Waals surface area contributed by atoms with E-state index in [1.165, 1.54) is 17.0 Å². The van der Waals surface area contributed by atoms with Gasteiger partial charge in [0.2, 0.25) is 5.69 Å². The van der Waals surface area contributed by atoms with Crippen molar-refractivity contribution in [2.45, 2.75) is 11.8 Å². The van der Waals surface area contributed by atoms with Crippen molar-refractivity contribution in [1.29, 1.82) is 0 Å². The molecule has 3 aromatic heterocycles. The van der Waals surface area contributed by atoms with Crippen molar-refractivity contribution < 1.29 is 17.5 Å². The number of benzene rings is 3. The molecule has 0 spiro atoms. The SMILES string of the molecule is Cc1ccc(S(=O)(=O)O[N+]2(c3ccc(-n4ccnc4)c(Cl)c3)C(=O)N(C)c3cnc4ccc(-c5cccnc5)cc4c32)cc1. The van der Waals surface area contributed by atoms with Crippen molar-refractivity contribution in [3.8, 4) is 16.8 Å². The molecular weight excluding hydrogens is 600 g/mol. The van der Waals surface area contributed by atoms with E-state index in [0.717, 1.165) is 16.7 Å². The van der Waals surface area contributed by atoms with Gasteiger partial charge in [-0.25, -0.2) is 9.78 Å². The summed E-state index contributed by atoms with van der Waals surface area (Å²) >= 11 is 6.79. The Balaban J connectivity index is 1.53. The third-order valence-corrected chi connectivity index (χ3v) is 9.22. The zero-order valence-electron chi connectivity index (χ0n) is 23.5. The first kappa shape index (κ1) is 27.9. The lowest BCUT2D eigenvalue weighted by molar-refractivity contribution is 0.0639. The van der Waals surface area contributed by atoms with Crippen molar-refractivity contribution in [3.05, 3.63) is 121 Å². The Morgan fingerprint density at radius 2 is 1.70 bits per heavy atom. The Morgan fingerprint density at radius 1 is 0.886 bits per heavy atom. The summed E-state index contributed by atoms with van der Waals surface area (Å²) in [4.78, 5) is 28.7. The number of hydroxylamine groups is 1. The van der Waals surface area contributed by atoms with Gasteiger partial charge in [-0.1, -0.05) is 41.4 Å². The molecule has 1 atom stereocenters. The molecule has 0 fully saturated rings. The van der Waals surface area contributed by atoms with E-state index in [4.69, 9.17) is 15.9 Å². The van der Waals surface area contributed by atoms with Gasteiger partial charge < -0.3 is 4.57 Å². The van der Waals surface area contributed by atoms with Gasteiger partial charge in [-0.2, -0.15) is 8.42 Å². The van der Waals surface area contributed by atoms with Gasteiger partial charge in [0.15, 0.2) is 5.69 Å². The third kappa shape index (κ3) is 4.37. The summed E-state index contributed by atoms with van der Waals surface area (Å²) in [7, 11) is -2.97. The first-order valence-electron chi connectivity index (χ1n) is 13.5. The average molecular weight is 624 g/mol. The fourth-order valence-electron chi connectivity index (χ4n) is 5.42. The molecule has 1 aliphatic heterocycles. The van der Waals surface area contributed by atoms with E-state index in [1.54, 1.807) is 79.3 Å². The maximum absolute atomic E-state index is 14.5. The first-order chi connectivity index (χ1) is 21.2. The summed E-state index contributed by atoms with van der Waals surface area (Å²) in [6.07, 6.45) is 9.89. The molecule has 12 heteroatoms. The van der Waals surface area contributed by atoms with Crippen LogP contribution in [0.3, 0.4) is 0 Å². The fraction of sp³-hybridized carbons (Fsp3) is 0.0625. The summed E-state index contributed by atoms with van der Waals surface area (Å²) in [6, 6.07) is 19.8. The number of carbonyl (C=O) groups excluding carboxylic acids is 1. The summed E-state index contributed by atoms with van der Waals surface area (Å²) in [5, 5.41) is 0.781. The van der Waals surface area contributed by atoms with Crippen LogP contribution >= 0.6 is 11.6 Å². The highest BCUT2D eigenvalue weighted by Gasteiger charge is 2.60. The highest BCUT2D eigenvalue weighted by atomic mass is 35.5. The van der Waals surface area contributed by atoms with Crippen LogP contribution in [0.15, 0.2) is 115 Å². The number of pyridine rings is 2. The third-order valence-electron chi connectivity index (χ3n) is 7.64. The molecule has 0 saturated heterocycles. The first-order valence-corrected chi connectivity index (χ1v) is 15.3. The second kappa shape index (κ2) is 10.4. The maximum Gasteiger partial charge on any atom is 0.468 e. The number of halogens is 1. The van der Waals surface area contributed by atoms with E-state index in [2.05, 4.69) is 15.0 Å². The number of fused-ring (bicyclic) bond motifs is 3. The van der Waals surface area contributed by atoms with E-state index in [-0.39, 0.29) is 21.3 Å². The molecule has 1 aliphatic rings. The largest absolute Gasteiger partial charge is 0.468 e. The van der Waals surface area contributed by atoms with E-state index < -0.39 is 20.8 Å². The molecule has 1 unspecified atom stereocenters. The number of hydrogen-bond acceptors (Lipinski definition) is 7. The number of carbonyl (C=O) groups is 1. The van der Waals surface area contributed by atoms with Crippen LogP contribution in [0.4, 0.5) is 21.9 Å². The molecule has 0 aliphatic carbocycles. The second-order valence-electron chi connectivity index (χ2n) is 10.4. The topological polar surface area (TPSA) is 107 Å². The lowest BCUT2D eigenvalue weighted by Gasteiger charge is -2.27. The average Bonchev–Trinajstić information content (AvgIpc) is 3.64. The lowest BCUT2D eigenvalue weighted by Crippen LogP contribution is -2.51. The van der Waals surface area contributed by atoms with Crippen molar-refractivity contribution >= 4 is 55.7 Å². The van der Waals surface area contributed by atoms with Gasteiger partial charge in [-0.15, -0.1) is 0 Å². The molecular formula is C32H24ClN6O4S+. The number of aromatic nitrogens is 4. The van der Waals surface area contributed by atoms with E-state index >= 15 is 0 Å². The van der Waals surface area contributed by atoms with Gasteiger partial charge in [0.25, 0.3) is 0 Å². The second-order valence-corrected chi connectivity index (χ2v) is 12.3. The molecule has 0 bridgehead atoms. The summed E-state index contributed by atoms with van der Waals surface area (Å²) < 4.78 is 34.8. The Labute approximate surface area is 258 Å². The van der Waals surface area contributed by atoms with Gasteiger partial charge in [0, 0.05) is 49.5 Å². The van der Waals surface area contributed by atoms with Gasteiger partial charge in [0.1, 0.15) is 5.69 Å². The summed E-state index contributed by atoms with van der Waals surface area (Å²) in [6.45, 7) is 1.85. The van der Waals surface area contributed by atoms with Crippen LogP contribution in [-0.4, -0.2) is 41.0 Å². The van der Waals surface area contributed by atoms with E-state index in [0.29, 0.717) is 22.3 Å². The molecule has 218 valence electrons. The predicted molar refractivity (Wildman–Crippen MR) is 168 cm³/mol. The Hall–Kier alpha value is -4.94. The van der Waals surface area contributed by atoms with Gasteiger partial charge in [0.05, 0.1) is 39.0 Å². The molecule has 7 rings (SSSR count). The quantitative estimate of drug-likeness (QED) is 0.184. The molecule has 0 N–H and O–H groups in total. The van der Waals surface area contributed by atoms with Crippen LogP contribution in [0.5, 0.6) is 0 Å². The van der Waals surface area contributed by atoms with Crippen LogP contribution in [0.25, 0.3) is 27.7 Å². The standard InChI is InChI=1S/C32H24ClN6O4S/c1-21-5-9-25(10-6-21)44(41,42)43-39(24-8-12-29(27(33)17-24)38-15-14-35-20-38)31-26-16-22(23-4-3-13-34-18-23)7-11-28(26)36-19-30(31)37(2)32(39)40/h3-20H,1-2H3/q+1. The smallest absolute Gasteiger partial charge is 0.305 e. The van der Waals surface area contributed by atoms with Crippen LogP contribution in [0.1, 0.15) is 5.56 Å². The number of aryl methyl sites for hydroxylation is 1. The Kier molecular flexibility index (Phi) is 6.56. The highest BCUT2D eigenvalue weighted by molar-refractivity contribution is 7.86. The molecule has 2 amide bonds. The minimum Gasteiger partial charge on any atom is -0.305 e. The predicted octanol–water partition coefficient (Wildman–Crippen LogP) is 6.97. The van der Waals surface area contributed by atoms with E-state index in [1.807, 2.05) is 37.3 Å². The number of amides is 2. The van der Waals surface area contributed by atoms with Crippen molar-refractivity contribution in [2.75, 3.05) is 11.9 Å². The monoisotopic (exact) mass is 623 g/mol. The zero-order chi connectivity index (χ0) is 30.6. The Morgan fingerprint density at radius 3 is 2.41 bits per heavy atom. The van der Waals surface area contributed by atoms with Crippen LogP contribution in [-0.2, 0) is 14.4 Å². The van der Waals surface area contributed by atoms with Gasteiger partial charge in [-0.05, 0) is 57.8 Å². The van der Waals surface area contributed by atoms with Crippen molar-refractivity contribution in [2.24, 2.45) is 0 Å². The molecule has 44 heavy (non-hydrogen) atoms. The minimum absolute atomic E-state index is 0.0972. The van der Waals surface area contributed by atoms with Crippen molar-refractivity contribution in [1.82, 2.24) is 24.2 Å². The van der Waals surface area contributed by atoms with Gasteiger partial charge in [-0.3, -0.25) is 14.9 Å². The molecule has 0 saturated carbocycles. The van der Waals surface area contributed by atoms with Crippen molar-refractivity contribution in [3.63, 3.8) is 0 Å². The zero-order valence-corrected chi connectivity index (χ0v) is 25.1. The minimum atomic E-state index is -4.53. The molecule has 6 aromatic rings. The molecule has 10 nitrogen and oxygen atoms in total. The fourth-order valence-corrected chi connectivity index (χ4v) is 6.76. The number of nitrogens with zero attached hydrogens (tertiary/aromatic N) is 6. The van der Waals surface area contributed by atoms with Crippen LogP contribution in [0, 0.1) is 6.92 Å². The maximum atomic E-state index is 14.5. The van der Waals surface area contributed by atoms with Gasteiger partial charge >= 0.3 is 16.1 Å². The Bertz CT molecular complexity index is 2180. The molecule has 0 radical (unpaired) electrons. The summed E-state index contributed by atoms with van der Waals surface area (Å²) in [5.74, 6) is 0. The molecule has 3 aromatic carbocycles. The highest BCUT2D eigenvalue weighted by Crippen LogP contribution is 2.53. The van der Waals surface area contributed by atoms with E-state index in [9.17, 15) is 13.2 Å². The number of hydrogen-bond donors (Lipinski definition) is 0. The number of imidazole rings is 1. The number of urea groups is 1. The van der Waals surface area contributed by atoms with Crippen LogP contribution < -0.4 is 9.55 Å². The number of rotatable bonds is 6. The normalized spacial score (nSPS) is 16.4. The van der Waals surface area contributed by atoms with Crippen LogP contribution in [0.2, 0.25) is 5.02 Å². The number of quaternary nitrogens is 1. The molecule has 4 heterocycles. The lowest BCUT2D eigenvalue weighted by atomic mass is 10.0. The summed E-state index contributed by atoms with van der Waals surface area (Å²) in [5.41, 5.74) is 4.50. The number of anilines is 1.